The number of ketones is 1. The molecule has 0 radical (unpaired) electrons. The summed E-state index contributed by atoms with van der Waals surface area (Å²) in [6.07, 6.45) is 0. The number of carbonyl (C=O) groups excluding carboxylic acids is 2. The highest BCUT2D eigenvalue weighted by Gasteiger charge is 2.48. The van der Waals surface area contributed by atoms with Crippen molar-refractivity contribution in [1.82, 2.24) is 10.2 Å². The third kappa shape index (κ3) is 5.51. The molecule has 41 heavy (non-hydrogen) atoms. The molecule has 208 valence electrons. The molecular weight excluding hydrogens is 595 g/mol. The molecule has 14 heteroatoms. The van der Waals surface area contributed by atoms with Crippen LogP contribution in [0.3, 0.4) is 0 Å². The predicted molar refractivity (Wildman–Crippen MR) is 152 cm³/mol. The van der Waals surface area contributed by atoms with Crippen LogP contribution in [-0.4, -0.2) is 39.0 Å². The second-order valence-corrected chi connectivity index (χ2v) is 11.2. The Morgan fingerprint density at radius 1 is 1.17 bits per heavy atom. The molecule has 1 N–H and O–H groups in total. The third-order valence-corrected chi connectivity index (χ3v) is 8.67. The van der Waals surface area contributed by atoms with Gasteiger partial charge in [-0.3, -0.25) is 24.6 Å². The molecule has 0 spiro atoms. The molecule has 1 unspecified atom stereocenters. The van der Waals surface area contributed by atoms with Crippen LogP contribution in [0.1, 0.15) is 22.7 Å². The van der Waals surface area contributed by atoms with Crippen molar-refractivity contribution in [2.45, 2.75) is 16.1 Å². The summed E-state index contributed by atoms with van der Waals surface area (Å²) in [5.74, 6) is -3.06. The fourth-order valence-electron chi connectivity index (χ4n) is 4.21. The van der Waals surface area contributed by atoms with Crippen LogP contribution < -0.4 is 9.64 Å². The summed E-state index contributed by atoms with van der Waals surface area (Å²) in [6, 6.07) is 14.8. The highest BCUT2D eigenvalue weighted by molar-refractivity contribution is 8.00. The van der Waals surface area contributed by atoms with Crippen LogP contribution in [0, 0.1) is 15.9 Å². The Balaban J connectivity index is 1.57. The van der Waals surface area contributed by atoms with Gasteiger partial charge in [0.25, 0.3) is 11.5 Å². The van der Waals surface area contributed by atoms with Gasteiger partial charge in [-0.2, -0.15) is 0 Å². The topological polar surface area (TPSA) is 136 Å². The van der Waals surface area contributed by atoms with Crippen LogP contribution in [0.4, 0.5) is 15.2 Å². The van der Waals surface area contributed by atoms with Crippen molar-refractivity contribution >= 4 is 63.0 Å². The van der Waals surface area contributed by atoms with Gasteiger partial charge in [0.1, 0.15) is 5.76 Å². The largest absolute Gasteiger partial charge is 0.507 e. The number of aliphatic hydroxyl groups excluding tert-OH is 1. The minimum Gasteiger partial charge on any atom is -0.507 e. The van der Waals surface area contributed by atoms with Gasteiger partial charge in [0, 0.05) is 28.5 Å². The molecule has 0 aliphatic carbocycles. The van der Waals surface area contributed by atoms with E-state index in [9.17, 15) is 29.2 Å². The molecule has 0 saturated carbocycles. The maximum atomic E-state index is 14.5. The molecule has 1 aliphatic heterocycles. The van der Waals surface area contributed by atoms with Crippen LogP contribution in [0.15, 0.2) is 76.6 Å². The summed E-state index contributed by atoms with van der Waals surface area (Å²) >= 11 is 8.61. The first-order valence-electron chi connectivity index (χ1n) is 11.8. The summed E-state index contributed by atoms with van der Waals surface area (Å²) in [4.78, 5) is 38.4. The van der Waals surface area contributed by atoms with E-state index in [1.54, 1.807) is 6.07 Å². The molecular formula is C27H18ClFN4O6S2. The molecule has 3 aromatic carbocycles. The first-order valence-corrected chi connectivity index (χ1v) is 14.0. The number of hydrogen-bond donors (Lipinski definition) is 1. The normalized spacial score (nSPS) is 16.3. The number of amides is 1. The average Bonchev–Trinajstić information content (AvgIpc) is 3.54. The van der Waals surface area contributed by atoms with E-state index < -0.39 is 34.2 Å². The molecule has 1 saturated heterocycles. The number of nitro groups is 1. The summed E-state index contributed by atoms with van der Waals surface area (Å²) < 4.78 is 19.9. The Kier molecular flexibility index (Phi) is 8.01. The Bertz CT molecular complexity index is 1710. The number of Topliss-reactive ketones (excluding diaryl/α,β-unsaturated/α-hetero) is 1. The number of hydrogen-bond acceptors (Lipinski definition) is 10. The van der Waals surface area contributed by atoms with Gasteiger partial charge in [0.2, 0.25) is 5.13 Å². The minimum atomic E-state index is -1.23. The maximum Gasteiger partial charge on any atom is 0.301 e. The highest BCUT2D eigenvalue weighted by Crippen LogP contribution is 2.44. The van der Waals surface area contributed by atoms with E-state index in [1.165, 1.54) is 55.3 Å². The quantitative estimate of drug-likeness (QED) is 0.0471. The molecule has 1 atom stereocenters. The first kappa shape index (κ1) is 28.2. The number of non-ortho nitro benzene ring substituents is 1. The lowest BCUT2D eigenvalue weighted by Gasteiger charge is -2.22. The smallest absolute Gasteiger partial charge is 0.301 e. The van der Waals surface area contributed by atoms with Crippen LogP contribution in [0.25, 0.3) is 5.76 Å². The molecule has 1 aromatic heterocycles. The standard InChI is InChI=1S/C27H18ClFN4O6S2/c1-39-20-11-8-15(12-19(20)29)23(34)21-22(14-6-9-17(10-7-14)33(37)38)32(25(36)24(21)35)26-30-31-27(41-26)40-13-16-4-2-3-5-18(16)28/h2-12,22,34H,13H2,1H3/b23-21+. The summed E-state index contributed by atoms with van der Waals surface area (Å²) in [6.45, 7) is 0. The van der Waals surface area contributed by atoms with Gasteiger partial charge in [-0.1, -0.05) is 52.9 Å². The van der Waals surface area contributed by atoms with Crippen molar-refractivity contribution in [1.29, 1.82) is 0 Å². The summed E-state index contributed by atoms with van der Waals surface area (Å²) in [5.41, 5.74) is 0.534. The zero-order valence-electron chi connectivity index (χ0n) is 21.0. The molecule has 0 bridgehead atoms. The number of rotatable bonds is 8. The number of carbonyl (C=O) groups is 2. The van der Waals surface area contributed by atoms with Gasteiger partial charge in [-0.25, -0.2) is 4.39 Å². The van der Waals surface area contributed by atoms with E-state index in [2.05, 4.69) is 10.2 Å². The third-order valence-electron chi connectivity index (χ3n) is 6.20. The fraction of sp³-hybridized carbons (Fsp3) is 0.111. The van der Waals surface area contributed by atoms with Crippen molar-refractivity contribution in [3.63, 3.8) is 0 Å². The lowest BCUT2D eigenvalue weighted by atomic mass is 9.95. The SMILES string of the molecule is COc1ccc(/C(O)=C2\C(=O)C(=O)N(c3nnc(SCc4ccccc4Cl)s3)C2c2ccc([N+](=O)[O-])cc2)cc1F. The number of aromatic nitrogens is 2. The average molecular weight is 613 g/mol. The van der Waals surface area contributed by atoms with Crippen molar-refractivity contribution in [3.8, 4) is 5.75 Å². The van der Waals surface area contributed by atoms with E-state index in [-0.39, 0.29) is 33.3 Å². The Morgan fingerprint density at radius 2 is 1.90 bits per heavy atom. The number of anilines is 1. The Hall–Kier alpha value is -4.33. The van der Waals surface area contributed by atoms with Crippen molar-refractivity contribution in [3.05, 3.63) is 110 Å². The second-order valence-electron chi connectivity index (χ2n) is 8.60. The first-order chi connectivity index (χ1) is 19.7. The van der Waals surface area contributed by atoms with Gasteiger partial charge in [-0.15, -0.1) is 10.2 Å². The number of nitrogens with zero attached hydrogens (tertiary/aromatic N) is 4. The van der Waals surface area contributed by atoms with Gasteiger partial charge in [0.05, 0.1) is 23.6 Å². The number of thioether (sulfide) groups is 1. The van der Waals surface area contributed by atoms with E-state index >= 15 is 0 Å². The maximum absolute atomic E-state index is 14.5. The minimum absolute atomic E-state index is 0.0667. The molecule has 1 amide bonds. The molecule has 2 heterocycles. The number of benzene rings is 3. The van der Waals surface area contributed by atoms with Gasteiger partial charge >= 0.3 is 5.91 Å². The van der Waals surface area contributed by atoms with Crippen LogP contribution in [0.5, 0.6) is 5.75 Å². The van der Waals surface area contributed by atoms with Crippen LogP contribution >= 0.6 is 34.7 Å². The Morgan fingerprint density at radius 3 is 2.56 bits per heavy atom. The van der Waals surface area contributed by atoms with Crippen molar-refractivity contribution < 1.29 is 28.7 Å². The molecule has 1 fully saturated rings. The number of aliphatic hydroxyl groups is 1. The molecule has 4 aromatic rings. The number of methoxy groups -OCH3 is 1. The van der Waals surface area contributed by atoms with E-state index in [1.807, 2.05) is 18.2 Å². The van der Waals surface area contributed by atoms with Gasteiger partial charge < -0.3 is 9.84 Å². The number of ether oxygens (including phenoxy) is 1. The van der Waals surface area contributed by atoms with Crippen LogP contribution in [-0.2, 0) is 15.3 Å². The van der Waals surface area contributed by atoms with E-state index in [0.717, 1.165) is 27.9 Å². The molecule has 10 nitrogen and oxygen atoms in total. The van der Waals surface area contributed by atoms with Gasteiger partial charge in [-0.05, 0) is 47.5 Å². The number of halogens is 2. The molecule has 1 aliphatic rings. The second kappa shape index (κ2) is 11.6. The van der Waals surface area contributed by atoms with Gasteiger partial charge in [0.15, 0.2) is 15.9 Å². The Labute approximate surface area is 245 Å². The van der Waals surface area contributed by atoms with Crippen LogP contribution in [0.2, 0.25) is 5.02 Å². The monoisotopic (exact) mass is 612 g/mol. The zero-order chi connectivity index (χ0) is 29.3. The number of nitro benzene ring substituents is 1. The lowest BCUT2D eigenvalue weighted by Crippen LogP contribution is -2.29. The molecule has 5 rings (SSSR count). The van der Waals surface area contributed by atoms with E-state index in [4.69, 9.17) is 16.3 Å². The predicted octanol–water partition coefficient (Wildman–Crippen LogP) is 6.17. The summed E-state index contributed by atoms with van der Waals surface area (Å²) in [5, 5.41) is 31.3. The lowest BCUT2D eigenvalue weighted by molar-refractivity contribution is -0.384. The van der Waals surface area contributed by atoms with Crippen molar-refractivity contribution in [2.75, 3.05) is 12.0 Å². The van der Waals surface area contributed by atoms with Crippen molar-refractivity contribution in [2.24, 2.45) is 0 Å². The highest BCUT2D eigenvalue weighted by atomic mass is 35.5. The summed E-state index contributed by atoms with van der Waals surface area (Å²) in [7, 11) is 1.28. The fourth-order valence-corrected chi connectivity index (χ4v) is 6.36. The zero-order valence-corrected chi connectivity index (χ0v) is 23.4. The van der Waals surface area contributed by atoms with E-state index in [0.29, 0.717) is 15.1 Å².